The summed E-state index contributed by atoms with van der Waals surface area (Å²) in [5, 5.41) is 18.2. The molecule has 9 nitrogen and oxygen atoms in total. The van der Waals surface area contributed by atoms with Crippen LogP contribution in [0.4, 0.5) is 0 Å². The number of unbranched alkanes of at least 4 members (excludes halogenated alkanes) is 1. The van der Waals surface area contributed by atoms with Crippen molar-refractivity contribution in [3.63, 3.8) is 0 Å². The predicted octanol–water partition coefficient (Wildman–Crippen LogP) is 5.35. The van der Waals surface area contributed by atoms with E-state index in [4.69, 9.17) is 16.3 Å². The summed E-state index contributed by atoms with van der Waals surface area (Å²) >= 11 is 6.60. The first-order valence-corrected chi connectivity index (χ1v) is 14.1. The Bertz CT molecular complexity index is 1360. The highest BCUT2D eigenvalue weighted by Crippen LogP contribution is 2.30. The third-order valence-corrected chi connectivity index (χ3v) is 7.47. The maximum Gasteiger partial charge on any atom is 0.323 e. The molecule has 5 rings (SSSR count). The summed E-state index contributed by atoms with van der Waals surface area (Å²) in [5.41, 5.74) is 4.82. The van der Waals surface area contributed by atoms with Crippen LogP contribution < -0.4 is 5.32 Å². The van der Waals surface area contributed by atoms with E-state index in [-0.39, 0.29) is 18.6 Å². The molecule has 0 bridgehead atoms. The molecule has 204 valence electrons. The molecule has 0 saturated carbocycles. The van der Waals surface area contributed by atoms with Gasteiger partial charge in [0.25, 0.3) is 0 Å². The number of imidazole rings is 1. The average Bonchev–Trinajstić information content (AvgIpc) is 3.50. The second kappa shape index (κ2) is 13.0. The molecule has 4 aromatic rings. The summed E-state index contributed by atoms with van der Waals surface area (Å²) in [5.74, 6) is 1.24. The van der Waals surface area contributed by atoms with Crippen molar-refractivity contribution < 1.29 is 9.53 Å². The number of carbonyl (C=O) groups is 1. The number of tetrazole rings is 1. The number of hydrogen-bond acceptors (Lipinski definition) is 7. The Hall–Kier alpha value is -3.56. The van der Waals surface area contributed by atoms with Crippen molar-refractivity contribution in [2.75, 3.05) is 6.54 Å². The highest BCUT2D eigenvalue weighted by atomic mass is 35.5. The molecule has 0 amide bonds. The maximum atomic E-state index is 12.8. The van der Waals surface area contributed by atoms with Gasteiger partial charge in [-0.15, -0.1) is 10.2 Å². The molecule has 1 aliphatic rings. The molecule has 0 unspecified atom stereocenters. The lowest BCUT2D eigenvalue weighted by molar-refractivity contribution is -0.147. The molecule has 1 atom stereocenters. The number of aromatic nitrogens is 6. The Balaban J connectivity index is 1.36. The van der Waals surface area contributed by atoms with Gasteiger partial charge < -0.3 is 14.6 Å². The van der Waals surface area contributed by atoms with E-state index in [1.165, 1.54) is 0 Å². The van der Waals surface area contributed by atoms with Gasteiger partial charge in [-0.2, -0.15) is 5.21 Å². The van der Waals surface area contributed by atoms with Gasteiger partial charge in [-0.05, 0) is 47.7 Å². The lowest BCUT2D eigenvalue weighted by atomic mass is 9.98. The highest BCUT2D eigenvalue weighted by molar-refractivity contribution is 6.30. The maximum absolute atomic E-state index is 12.8. The number of carbonyl (C=O) groups excluding carboxylic acids is 1. The second-order valence-electron chi connectivity index (χ2n) is 9.90. The molecule has 2 N–H and O–H groups in total. The highest BCUT2D eigenvalue weighted by Gasteiger charge is 2.23. The molecule has 3 heterocycles. The van der Waals surface area contributed by atoms with Crippen molar-refractivity contribution >= 4 is 17.6 Å². The normalized spacial score (nSPS) is 15.7. The molecule has 1 saturated heterocycles. The van der Waals surface area contributed by atoms with Crippen molar-refractivity contribution in [2.45, 2.75) is 71.1 Å². The molecule has 0 aliphatic carbocycles. The van der Waals surface area contributed by atoms with Crippen molar-refractivity contribution in [3.05, 3.63) is 70.8 Å². The van der Waals surface area contributed by atoms with Crippen LogP contribution in [-0.2, 0) is 29.1 Å². The Labute approximate surface area is 233 Å². The summed E-state index contributed by atoms with van der Waals surface area (Å²) in [4.78, 5) is 17.5. The van der Waals surface area contributed by atoms with E-state index in [1.807, 2.05) is 18.2 Å². The minimum absolute atomic E-state index is 0.102. The van der Waals surface area contributed by atoms with Gasteiger partial charge in [0, 0.05) is 18.5 Å². The van der Waals surface area contributed by atoms with E-state index in [2.05, 4.69) is 72.7 Å². The van der Waals surface area contributed by atoms with Crippen LogP contribution in [0.15, 0.2) is 48.5 Å². The summed E-state index contributed by atoms with van der Waals surface area (Å²) in [6.45, 7) is 3.68. The van der Waals surface area contributed by atoms with E-state index in [9.17, 15) is 4.79 Å². The SMILES string of the molecule is CCCCc1nc(Cl)c(COC(=O)[C@@H]2CCCCCN2)n1Cc1ccc(-c2ccccc2-c2nn[nH]n2)cc1. The van der Waals surface area contributed by atoms with Crippen LogP contribution >= 0.6 is 11.6 Å². The number of rotatable bonds is 10. The standard InChI is InChI=1S/C29H34ClN7O2/c1-2-3-12-26-32-27(30)25(19-39-29(38)24-11-5-4-8-17-31-24)37(26)18-20-13-15-21(16-14-20)22-9-6-7-10-23(22)28-33-35-36-34-28/h6-7,9-10,13-16,24,31H,2-5,8,11-12,17-19H2,1H3,(H,33,34,35,36)/t24-/m0/s1. The molecule has 1 fully saturated rings. The minimum atomic E-state index is -0.259. The fourth-order valence-electron chi connectivity index (χ4n) is 5.00. The topological polar surface area (TPSA) is 111 Å². The van der Waals surface area contributed by atoms with Crippen LogP contribution in [-0.4, -0.2) is 48.7 Å². The Morgan fingerprint density at radius 1 is 1.10 bits per heavy atom. The summed E-state index contributed by atoms with van der Waals surface area (Å²) < 4.78 is 7.86. The minimum Gasteiger partial charge on any atom is -0.458 e. The summed E-state index contributed by atoms with van der Waals surface area (Å²) in [6.07, 6.45) is 6.92. The predicted molar refractivity (Wildman–Crippen MR) is 150 cm³/mol. The van der Waals surface area contributed by atoms with E-state index in [0.717, 1.165) is 85.3 Å². The molecule has 1 aliphatic heterocycles. The van der Waals surface area contributed by atoms with E-state index in [1.54, 1.807) is 0 Å². The first kappa shape index (κ1) is 27.0. The summed E-state index contributed by atoms with van der Waals surface area (Å²) in [6, 6.07) is 16.1. The van der Waals surface area contributed by atoms with Crippen molar-refractivity contribution in [3.8, 4) is 22.5 Å². The first-order valence-electron chi connectivity index (χ1n) is 13.7. The number of benzene rings is 2. The lowest BCUT2D eigenvalue weighted by Gasteiger charge is -2.16. The number of ether oxygens (including phenoxy) is 1. The zero-order valence-electron chi connectivity index (χ0n) is 22.2. The quantitative estimate of drug-likeness (QED) is 0.257. The molecule has 10 heteroatoms. The smallest absolute Gasteiger partial charge is 0.323 e. The number of aromatic amines is 1. The van der Waals surface area contributed by atoms with Gasteiger partial charge in [-0.1, -0.05) is 86.3 Å². The van der Waals surface area contributed by atoms with Gasteiger partial charge in [0.1, 0.15) is 18.5 Å². The van der Waals surface area contributed by atoms with Gasteiger partial charge in [-0.3, -0.25) is 4.79 Å². The van der Waals surface area contributed by atoms with Crippen LogP contribution in [0.5, 0.6) is 0 Å². The van der Waals surface area contributed by atoms with Gasteiger partial charge >= 0.3 is 5.97 Å². The monoisotopic (exact) mass is 547 g/mol. The second-order valence-corrected chi connectivity index (χ2v) is 10.3. The van der Waals surface area contributed by atoms with E-state index >= 15 is 0 Å². The Morgan fingerprint density at radius 2 is 1.92 bits per heavy atom. The number of hydrogen-bond donors (Lipinski definition) is 2. The third-order valence-electron chi connectivity index (χ3n) is 7.17. The fourth-order valence-corrected chi connectivity index (χ4v) is 5.26. The average molecular weight is 548 g/mol. The molecule has 2 aromatic heterocycles. The molecular formula is C29H34ClN7O2. The molecule has 2 aromatic carbocycles. The van der Waals surface area contributed by atoms with Crippen LogP contribution in [0, 0.1) is 0 Å². The van der Waals surface area contributed by atoms with Crippen LogP contribution in [0.1, 0.15) is 62.5 Å². The van der Waals surface area contributed by atoms with Gasteiger partial charge in [0.15, 0.2) is 5.15 Å². The zero-order valence-corrected chi connectivity index (χ0v) is 23.0. The number of aryl methyl sites for hydroxylation is 1. The molecular weight excluding hydrogens is 514 g/mol. The number of nitrogens with zero attached hydrogens (tertiary/aromatic N) is 5. The van der Waals surface area contributed by atoms with E-state index < -0.39 is 0 Å². The van der Waals surface area contributed by atoms with Crippen LogP contribution in [0.2, 0.25) is 5.15 Å². The first-order chi connectivity index (χ1) is 19.1. The van der Waals surface area contributed by atoms with Gasteiger partial charge in [-0.25, -0.2) is 4.98 Å². The van der Waals surface area contributed by atoms with Crippen molar-refractivity contribution in [1.82, 2.24) is 35.5 Å². The van der Waals surface area contributed by atoms with Crippen molar-refractivity contribution in [2.24, 2.45) is 0 Å². The number of esters is 1. The Kier molecular flexibility index (Phi) is 9.00. The fraction of sp³-hybridized carbons (Fsp3) is 0.414. The molecule has 0 radical (unpaired) electrons. The van der Waals surface area contributed by atoms with E-state index in [0.29, 0.717) is 17.5 Å². The van der Waals surface area contributed by atoms with Gasteiger partial charge in [0.05, 0.1) is 5.69 Å². The number of H-pyrrole nitrogens is 1. The third kappa shape index (κ3) is 6.54. The molecule has 39 heavy (non-hydrogen) atoms. The molecule has 0 spiro atoms. The number of nitrogens with one attached hydrogen (secondary N) is 2. The largest absolute Gasteiger partial charge is 0.458 e. The summed E-state index contributed by atoms with van der Waals surface area (Å²) in [7, 11) is 0. The lowest BCUT2D eigenvalue weighted by Crippen LogP contribution is -2.37. The van der Waals surface area contributed by atoms with Crippen LogP contribution in [0.3, 0.4) is 0 Å². The zero-order chi connectivity index (χ0) is 27.0. The van der Waals surface area contributed by atoms with Gasteiger partial charge in [0.2, 0.25) is 5.82 Å². The van der Waals surface area contributed by atoms with Crippen molar-refractivity contribution in [1.29, 1.82) is 0 Å². The Morgan fingerprint density at radius 3 is 2.69 bits per heavy atom. The van der Waals surface area contributed by atoms with Crippen LogP contribution in [0.25, 0.3) is 22.5 Å². The number of halogens is 1.